The van der Waals surface area contributed by atoms with E-state index in [0.29, 0.717) is 0 Å². The SMILES string of the molecule is C#CCCN1CCCC1.C#CCCN1CCCC1. The highest BCUT2D eigenvalue weighted by Gasteiger charge is 2.09. The smallest absolute Gasteiger partial charge is 0.0214 e. The largest absolute Gasteiger partial charge is 0.302 e. The zero-order chi connectivity index (χ0) is 13.1. The summed E-state index contributed by atoms with van der Waals surface area (Å²) in [6.45, 7) is 7.28. The Morgan fingerprint density at radius 1 is 0.667 bits per heavy atom. The monoisotopic (exact) mass is 246 g/mol. The molecule has 2 heteroatoms. The second-order valence-corrected chi connectivity index (χ2v) is 5.01. The molecule has 2 saturated heterocycles. The van der Waals surface area contributed by atoms with Crippen molar-refractivity contribution in [1.82, 2.24) is 9.80 Å². The fourth-order valence-electron chi connectivity index (χ4n) is 2.46. The molecule has 0 aromatic heterocycles. The first-order valence-corrected chi connectivity index (χ1v) is 7.18. The standard InChI is InChI=1S/2C8H13N/c2*1-2-3-6-9-7-4-5-8-9/h2*1H,3-8H2. The van der Waals surface area contributed by atoms with Crippen LogP contribution in [-0.2, 0) is 0 Å². The average Bonchev–Trinajstić information content (AvgIpc) is 3.07. The van der Waals surface area contributed by atoms with Crippen LogP contribution in [0.5, 0.6) is 0 Å². The maximum atomic E-state index is 5.13. The number of rotatable bonds is 4. The molecule has 100 valence electrons. The van der Waals surface area contributed by atoms with E-state index in [1.54, 1.807) is 0 Å². The van der Waals surface area contributed by atoms with E-state index in [1.807, 2.05) is 0 Å². The van der Waals surface area contributed by atoms with Crippen LogP contribution in [0.2, 0.25) is 0 Å². The van der Waals surface area contributed by atoms with E-state index >= 15 is 0 Å². The summed E-state index contributed by atoms with van der Waals surface area (Å²) in [6, 6.07) is 0. The molecule has 2 nitrogen and oxygen atoms in total. The van der Waals surface area contributed by atoms with Gasteiger partial charge in [-0.2, -0.15) is 0 Å². The molecule has 0 atom stereocenters. The van der Waals surface area contributed by atoms with Crippen molar-refractivity contribution in [2.24, 2.45) is 0 Å². The molecule has 18 heavy (non-hydrogen) atoms. The lowest BCUT2D eigenvalue weighted by atomic mass is 10.4. The Morgan fingerprint density at radius 3 is 1.28 bits per heavy atom. The highest BCUT2D eigenvalue weighted by atomic mass is 15.1. The lowest BCUT2D eigenvalue weighted by molar-refractivity contribution is 0.348. The number of terminal acetylenes is 2. The molecule has 0 aromatic carbocycles. The average molecular weight is 246 g/mol. The van der Waals surface area contributed by atoms with E-state index in [2.05, 4.69) is 21.6 Å². The van der Waals surface area contributed by atoms with Crippen LogP contribution in [0.25, 0.3) is 0 Å². The zero-order valence-corrected chi connectivity index (χ0v) is 11.5. The van der Waals surface area contributed by atoms with E-state index in [9.17, 15) is 0 Å². The second kappa shape index (κ2) is 10.0. The van der Waals surface area contributed by atoms with Gasteiger partial charge < -0.3 is 9.80 Å². The number of hydrogen-bond acceptors (Lipinski definition) is 2. The van der Waals surface area contributed by atoms with Crippen LogP contribution in [0.1, 0.15) is 38.5 Å². The van der Waals surface area contributed by atoms with Gasteiger partial charge in [0.1, 0.15) is 0 Å². The van der Waals surface area contributed by atoms with Crippen LogP contribution in [0.15, 0.2) is 0 Å². The summed E-state index contributed by atoms with van der Waals surface area (Å²) in [5.41, 5.74) is 0. The predicted molar refractivity (Wildman–Crippen MR) is 78.2 cm³/mol. The molecule has 0 amide bonds. The molecule has 0 saturated carbocycles. The first-order chi connectivity index (χ1) is 8.86. The van der Waals surface area contributed by atoms with Crippen molar-refractivity contribution in [1.29, 1.82) is 0 Å². The minimum Gasteiger partial charge on any atom is -0.302 e. The van der Waals surface area contributed by atoms with Crippen molar-refractivity contribution >= 4 is 0 Å². The van der Waals surface area contributed by atoms with Gasteiger partial charge in [-0.15, -0.1) is 24.7 Å². The first-order valence-electron chi connectivity index (χ1n) is 7.18. The Balaban J connectivity index is 0.000000180. The van der Waals surface area contributed by atoms with Gasteiger partial charge in [0.25, 0.3) is 0 Å². The highest BCUT2D eigenvalue weighted by Crippen LogP contribution is 2.07. The second-order valence-electron chi connectivity index (χ2n) is 5.01. The Kier molecular flexibility index (Phi) is 8.40. The highest BCUT2D eigenvalue weighted by molar-refractivity contribution is 4.85. The van der Waals surface area contributed by atoms with Gasteiger partial charge in [-0.05, 0) is 51.9 Å². The summed E-state index contributed by atoms with van der Waals surface area (Å²) in [6.07, 6.45) is 17.6. The normalized spacial score (nSPS) is 19.9. The Labute approximate surface area is 113 Å². The van der Waals surface area contributed by atoms with Crippen LogP contribution in [0.3, 0.4) is 0 Å². The summed E-state index contributed by atoms with van der Waals surface area (Å²) in [5, 5.41) is 0. The molecule has 0 aliphatic carbocycles. The zero-order valence-electron chi connectivity index (χ0n) is 11.5. The molecule has 0 unspecified atom stereocenters. The van der Waals surface area contributed by atoms with Gasteiger partial charge >= 0.3 is 0 Å². The maximum absolute atomic E-state index is 5.13. The number of hydrogen-bond donors (Lipinski definition) is 0. The third kappa shape index (κ3) is 6.70. The molecule has 2 fully saturated rings. The van der Waals surface area contributed by atoms with Crippen LogP contribution in [-0.4, -0.2) is 49.1 Å². The van der Waals surface area contributed by atoms with Crippen LogP contribution >= 0.6 is 0 Å². The van der Waals surface area contributed by atoms with Gasteiger partial charge in [0.2, 0.25) is 0 Å². The Bertz CT molecular complexity index is 242. The molecule has 0 spiro atoms. The van der Waals surface area contributed by atoms with Crippen molar-refractivity contribution in [3.8, 4) is 24.7 Å². The summed E-state index contributed by atoms with van der Waals surface area (Å²) in [7, 11) is 0. The molecule has 0 aromatic rings. The van der Waals surface area contributed by atoms with E-state index in [4.69, 9.17) is 12.8 Å². The summed E-state index contributed by atoms with van der Waals surface area (Å²) < 4.78 is 0. The molecule has 2 aliphatic heterocycles. The van der Waals surface area contributed by atoms with Crippen molar-refractivity contribution in [3.63, 3.8) is 0 Å². The lowest BCUT2D eigenvalue weighted by Crippen LogP contribution is -2.19. The van der Waals surface area contributed by atoms with E-state index in [0.717, 1.165) is 25.9 Å². The van der Waals surface area contributed by atoms with Gasteiger partial charge in [-0.3, -0.25) is 0 Å². The molecular weight excluding hydrogens is 220 g/mol. The summed E-state index contributed by atoms with van der Waals surface area (Å²) in [4.78, 5) is 4.86. The van der Waals surface area contributed by atoms with Gasteiger partial charge in [0.05, 0.1) is 0 Å². The number of likely N-dealkylation sites (tertiary alicyclic amines) is 2. The van der Waals surface area contributed by atoms with Gasteiger partial charge in [0, 0.05) is 25.9 Å². The van der Waals surface area contributed by atoms with Crippen LogP contribution in [0.4, 0.5) is 0 Å². The van der Waals surface area contributed by atoms with Gasteiger partial charge in [-0.25, -0.2) is 0 Å². The molecule has 0 N–H and O–H groups in total. The predicted octanol–water partition coefficient (Wildman–Crippen LogP) is 2.21. The van der Waals surface area contributed by atoms with Crippen molar-refractivity contribution in [2.75, 3.05) is 39.3 Å². The fraction of sp³-hybridized carbons (Fsp3) is 0.750. The summed E-state index contributed by atoms with van der Waals surface area (Å²) >= 11 is 0. The van der Waals surface area contributed by atoms with Gasteiger partial charge in [0.15, 0.2) is 0 Å². The van der Waals surface area contributed by atoms with E-state index < -0.39 is 0 Å². The molecule has 0 bridgehead atoms. The van der Waals surface area contributed by atoms with E-state index in [-0.39, 0.29) is 0 Å². The topological polar surface area (TPSA) is 6.48 Å². The Hall–Kier alpha value is -0.960. The third-order valence-electron chi connectivity index (χ3n) is 3.54. The van der Waals surface area contributed by atoms with E-state index in [1.165, 1.54) is 51.9 Å². The van der Waals surface area contributed by atoms with Crippen molar-refractivity contribution < 1.29 is 0 Å². The Morgan fingerprint density at radius 2 is 1.00 bits per heavy atom. The van der Waals surface area contributed by atoms with Crippen molar-refractivity contribution in [2.45, 2.75) is 38.5 Å². The minimum absolute atomic E-state index is 0.917. The maximum Gasteiger partial charge on any atom is 0.0214 e. The fourth-order valence-corrected chi connectivity index (χ4v) is 2.46. The third-order valence-corrected chi connectivity index (χ3v) is 3.54. The molecular formula is C16H26N2. The molecule has 2 rings (SSSR count). The summed E-state index contributed by atoms with van der Waals surface area (Å²) in [5.74, 6) is 5.31. The van der Waals surface area contributed by atoms with Gasteiger partial charge in [-0.1, -0.05) is 0 Å². The van der Waals surface area contributed by atoms with Crippen LogP contribution < -0.4 is 0 Å². The lowest BCUT2D eigenvalue weighted by Gasteiger charge is -2.10. The number of nitrogens with zero attached hydrogens (tertiary/aromatic N) is 2. The quantitative estimate of drug-likeness (QED) is 0.702. The molecule has 0 radical (unpaired) electrons. The molecule has 2 aliphatic rings. The van der Waals surface area contributed by atoms with Crippen LogP contribution in [0, 0.1) is 24.7 Å². The minimum atomic E-state index is 0.917. The first kappa shape index (κ1) is 15.1. The van der Waals surface area contributed by atoms with Crippen molar-refractivity contribution in [3.05, 3.63) is 0 Å². The molecule has 2 heterocycles.